The number of nitrogens with one attached hydrogen (secondary N) is 2. The van der Waals surface area contributed by atoms with E-state index in [1.165, 1.54) is 28.4 Å². The van der Waals surface area contributed by atoms with Crippen LogP contribution in [0, 0.1) is 13.8 Å². The first kappa shape index (κ1) is 38.4. The molecule has 3 aromatic rings. The van der Waals surface area contributed by atoms with Gasteiger partial charge in [0.1, 0.15) is 0 Å². The number of rotatable bonds is 10. The van der Waals surface area contributed by atoms with E-state index >= 15 is 0 Å². The molecular weight excluding hydrogens is 705 g/mol. The Morgan fingerprint density at radius 2 is 0.981 bits per heavy atom. The summed E-state index contributed by atoms with van der Waals surface area (Å²) in [6.07, 6.45) is 0.891. The van der Waals surface area contributed by atoms with Gasteiger partial charge in [0, 0.05) is 34.9 Å². The first-order valence-corrected chi connectivity index (χ1v) is 17.5. The van der Waals surface area contributed by atoms with Gasteiger partial charge in [-0.2, -0.15) is 0 Å². The lowest BCUT2D eigenvalue weighted by Crippen LogP contribution is -2.32. The number of thiocarbonyl (C=S) groups is 2. The molecule has 2 atom stereocenters. The van der Waals surface area contributed by atoms with Crippen molar-refractivity contribution in [1.82, 2.24) is 19.9 Å². The Kier molecular flexibility index (Phi) is 11.1. The third kappa shape index (κ3) is 7.13. The van der Waals surface area contributed by atoms with Crippen LogP contribution in [0.5, 0.6) is 0 Å². The number of hydrogen-bond acceptors (Lipinski definition) is 12. The standard InChI is InChI=1S/C38H42N4O8S2/c1-19-21(9-11-31(43)47-5)25-14-26-22(10-12-32(44)48-6)20(2)24(40-26)15-29-37(3,17-33(45)49-7)36(52)28(42-29)16-30-38(4,18-34(46)50-8)35(51)27(41-30)13-23(19)39-25/h13-16,39-40H,9-12,17-18H2,1-8H3/t37-,38-/m1/s1. The van der Waals surface area contributed by atoms with E-state index in [2.05, 4.69) is 9.97 Å². The number of methoxy groups -OCH3 is 4. The zero-order valence-corrected chi connectivity index (χ0v) is 32.2. The molecule has 5 heterocycles. The largest absolute Gasteiger partial charge is 0.469 e. The van der Waals surface area contributed by atoms with Crippen LogP contribution in [0.3, 0.4) is 0 Å². The van der Waals surface area contributed by atoms with Crippen molar-refractivity contribution < 1.29 is 38.1 Å². The fraction of sp³-hybridized carbons (Fsp3) is 0.421. The highest BCUT2D eigenvalue weighted by Crippen LogP contribution is 2.40. The summed E-state index contributed by atoms with van der Waals surface area (Å²) in [6, 6.07) is 7.38. The Balaban J connectivity index is 1.94. The molecule has 0 spiro atoms. The molecule has 0 saturated carbocycles. The minimum atomic E-state index is -1.05. The topological polar surface area (TPSA) is 163 Å². The van der Waals surface area contributed by atoms with Crippen molar-refractivity contribution >= 4 is 80.1 Å². The first-order valence-electron chi connectivity index (χ1n) is 16.7. The van der Waals surface area contributed by atoms with E-state index in [9.17, 15) is 19.2 Å². The molecule has 2 N–H and O–H groups in total. The maximum atomic E-state index is 12.8. The van der Waals surface area contributed by atoms with E-state index < -0.39 is 22.8 Å². The number of hydrogen-bond donors (Lipinski definition) is 2. The average Bonchev–Trinajstić information content (AvgIpc) is 3.73. The predicted molar refractivity (Wildman–Crippen MR) is 203 cm³/mol. The van der Waals surface area contributed by atoms with Crippen molar-refractivity contribution in [2.75, 3.05) is 28.4 Å². The van der Waals surface area contributed by atoms with Crippen LogP contribution in [0.2, 0.25) is 0 Å². The van der Waals surface area contributed by atoms with E-state index in [0.29, 0.717) is 56.4 Å². The molecule has 0 fully saturated rings. The molecule has 0 aromatic carbocycles. The van der Waals surface area contributed by atoms with E-state index in [-0.39, 0.29) is 37.6 Å². The number of aryl methyl sites for hydroxylation is 4. The second-order valence-corrected chi connectivity index (χ2v) is 14.3. The molecule has 0 unspecified atom stereocenters. The number of aromatic nitrogens is 4. The summed E-state index contributed by atoms with van der Waals surface area (Å²) in [5.74, 6) is -1.63. The molecule has 2 aliphatic heterocycles. The van der Waals surface area contributed by atoms with Gasteiger partial charge in [0.05, 0.1) is 84.6 Å². The second-order valence-electron chi connectivity index (χ2n) is 13.4. The number of fused-ring (bicyclic) bond motifs is 8. The Hall–Kier alpha value is -4.82. The summed E-state index contributed by atoms with van der Waals surface area (Å²) < 4.78 is 20.0. The van der Waals surface area contributed by atoms with E-state index in [1.54, 1.807) is 6.07 Å². The van der Waals surface area contributed by atoms with E-state index in [4.69, 9.17) is 53.4 Å². The number of nitrogens with zero attached hydrogens (tertiary/aromatic N) is 2. The van der Waals surface area contributed by atoms with E-state index in [0.717, 1.165) is 33.3 Å². The molecule has 0 aliphatic carbocycles. The van der Waals surface area contributed by atoms with Gasteiger partial charge in [0.15, 0.2) is 0 Å². The maximum absolute atomic E-state index is 12.8. The molecule has 0 amide bonds. The van der Waals surface area contributed by atoms with Gasteiger partial charge in [-0.05, 0) is 87.1 Å². The Labute approximate surface area is 312 Å². The van der Waals surface area contributed by atoms with Gasteiger partial charge in [-0.15, -0.1) is 0 Å². The summed E-state index contributed by atoms with van der Waals surface area (Å²) in [4.78, 5) is 68.0. The van der Waals surface area contributed by atoms with Gasteiger partial charge in [-0.1, -0.05) is 24.4 Å². The van der Waals surface area contributed by atoms with Gasteiger partial charge < -0.3 is 28.9 Å². The molecule has 274 valence electrons. The smallest absolute Gasteiger partial charge is 0.306 e. The first-order chi connectivity index (χ1) is 24.6. The molecule has 0 saturated heterocycles. The van der Waals surface area contributed by atoms with Gasteiger partial charge in [0.25, 0.3) is 0 Å². The van der Waals surface area contributed by atoms with Crippen molar-refractivity contribution in [3.05, 3.63) is 69.3 Å². The molecule has 12 nitrogen and oxygen atoms in total. The van der Waals surface area contributed by atoms with Crippen LogP contribution in [-0.2, 0) is 61.8 Å². The molecule has 52 heavy (non-hydrogen) atoms. The summed E-state index contributed by atoms with van der Waals surface area (Å²) in [7, 11) is 5.34. The van der Waals surface area contributed by atoms with Crippen LogP contribution >= 0.6 is 24.4 Å². The molecule has 2 aliphatic rings. The molecule has 0 radical (unpaired) electrons. The molecule has 3 aromatic heterocycles. The number of aromatic amines is 2. The monoisotopic (exact) mass is 746 g/mol. The lowest BCUT2D eigenvalue weighted by atomic mass is 9.79. The summed E-state index contributed by atoms with van der Waals surface area (Å²) in [5, 5.41) is 0. The van der Waals surface area contributed by atoms with Crippen molar-refractivity contribution in [3.63, 3.8) is 0 Å². The number of ether oxygens (including phenoxy) is 4. The number of esters is 4. The number of H-pyrrole nitrogens is 2. The van der Waals surface area contributed by atoms with Gasteiger partial charge >= 0.3 is 23.9 Å². The SMILES string of the molecule is COC(=O)CCc1c(C)c2cc3nc(cc4nc(cc5[nH]c(cc1[nH]2)c(CCC(=O)OC)c5C)[C@@](C)(CC(=O)OC)C4=S)[C@@](C)(CC(=O)OC)C3=S. The maximum Gasteiger partial charge on any atom is 0.306 e. The Bertz CT molecular complexity index is 2190. The molecule has 14 heteroatoms. The average molecular weight is 747 g/mol. The summed E-state index contributed by atoms with van der Waals surface area (Å²) >= 11 is 12.1. The van der Waals surface area contributed by atoms with Crippen LogP contribution in [0.15, 0.2) is 24.3 Å². The number of carbonyl (C=O) groups is 4. The lowest BCUT2D eigenvalue weighted by molar-refractivity contribution is -0.142. The van der Waals surface area contributed by atoms with Crippen molar-refractivity contribution in [3.8, 4) is 0 Å². The Morgan fingerprint density at radius 3 is 1.40 bits per heavy atom. The third-order valence-corrected chi connectivity index (χ3v) is 11.5. The molecular formula is C38H42N4O8S2. The van der Waals surface area contributed by atoms with Gasteiger partial charge in [-0.25, -0.2) is 0 Å². The van der Waals surface area contributed by atoms with E-state index in [1.807, 2.05) is 45.9 Å². The highest BCUT2D eigenvalue weighted by atomic mass is 32.1. The second kappa shape index (κ2) is 15.0. The zero-order chi connectivity index (χ0) is 38.1. The summed E-state index contributed by atoms with van der Waals surface area (Å²) in [5.41, 5.74) is 6.14. The Morgan fingerprint density at radius 1 is 0.596 bits per heavy atom. The minimum absolute atomic E-state index is 0.0772. The van der Waals surface area contributed by atoms with Crippen LogP contribution in [0.25, 0.3) is 22.1 Å². The fourth-order valence-electron chi connectivity index (χ4n) is 6.79. The van der Waals surface area contributed by atoms with Crippen LogP contribution < -0.4 is 0 Å². The lowest BCUT2D eigenvalue weighted by Gasteiger charge is -2.24. The molecule has 5 rings (SSSR count). The third-order valence-electron chi connectivity index (χ3n) is 10.2. The van der Waals surface area contributed by atoms with Crippen LogP contribution in [0.4, 0.5) is 0 Å². The van der Waals surface area contributed by atoms with Gasteiger partial charge in [-0.3, -0.25) is 29.1 Å². The molecule has 8 bridgehead atoms. The van der Waals surface area contributed by atoms with Crippen molar-refractivity contribution in [2.45, 2.75) is 77.0 Å². The highest BCUT2D eigenvalue weighted by molar-refractivity contribution is 7.81. The summed E-state index contributed by atoms with van der Waals surface area (Å²) in [6.45, 7) is 7.58. The van der Waals surface area contributed by atoms with Crippen LogP contribution in [0.1, 0.15) is 84.6 Å². The van der Waals surface area contributed by atoms with Crippen LogP contribution in [-0.4, -0.2) is 82.0 Å². The highest BCUT2D eigenvalue weighted by Gasteiger charge is 2.44. The van der Waals surface area contributed by atoms with Gasteiger partial charge in [0.2, 0.25) is 0 Å². The van der Waals surface area contributed by atoms with Crippen molar-refractivity contribution in [1.29, 1.82) is 0 Å². The number of carbonyl (C=O) groups excluding carboxylic acids is 4. The fourth-order valence-corrected chi connectivity index (χ4v) is 7.35. The normalized spacial score (nSPS) is 18.2. The predicted octanol–water partition coefficient (Wildman–Crippen LogP) is 5.62. The van der Waals surface area contributed by atoms with Crippen molar-refractivity contribution in [2.24, 2.45) is 0 Å². The zero-order valence-electron chi connectivity index (χ0n) is 30.5. The minimum Gasteiger partial charge on any atom is -0.469 e. The quantitative estimate of drug-likeness (QED) is 0.150.